The molecule has 1 aliphatic rings. The van der Waals surface area contributed by atoms with Crippen LogP contribution in [0.1, 0.15) is 6.42 Å². The third kappa shape index (κ3) is 2.82. The van der Waals surface area contributed by atoms with E-state index in [2.05, 4.69) is 0 Å². The number of benzene rings is 1. The maximum absolute atomic E-state index is 11.6. The molecule has 19 heavy (non-hydrogen) atoms. The molecule has 0 saturated heterocycles. The van der Waals surface area contributed by atoms with Crippen molar-refractivity contribution in [3.05, 3.63) is 33.3 Å². The van der Waals surface area contributed by atoms with Crippen LogP contribution >= 0.6 is 11.6 Å². The highest BCUT2D eigenvalue weighted by Gasteiger charge is 2.49. The van der Waals surface area contributed by atoms with E-state index in [-0.39, 0.29) is 22.9 Å². The molecule has 0 amide bonds. The Kier molecular flexibility index (Phi) is 3.39. The van der Waals surface area contributed by atoms with Crippen LogP contribution in [0.5, 0.6) is 5.75 Å². The monoisotopic (exact) mass is 285 g/mol. The number of carboxylic acids is 1. The predicted molar refractivity (Wildman–Crippen MR) is 63.0 cm³/mol. The molecule has 7 nitrogen and oxygen atoms in total. The molecule has 1 aromatic rings. The van der Waals surface area contributed by atoms with E-state index in [0.29, 0.717) is 0 Å². The van der Waals surface area contributed by atoms with Crippen molar-refractivity contribution < 1.29 is 24.4 Å². The first-order chi connectivity index (χ1) is 8.90. The largest absolute Gasteiger partial charge is 0.481 e. The summed E-state index contributed by atoms with van der Waals surface area (Å²) >= 11 is 5.66. The summed E-state index contributed by atoms with van der Waals surface area (Å²) in [6, 6.07) is 3.50. The second-order valence-electron chi connectivity index (χ2n) is 4.08. The number of ether oxygens (including phenoxy) is 1. The Morgan fingerprint density at radius 2 is 2.11 bits per heavy atom. The molecule has 1 aliphatic carbocycles. The maximum Gasteiger partial charge on any atom is 0.315 e. The summed E-state index contributed by atoms with van der Waals surface area (Å²) in [6.45, 7) is 0. The lowest BCUT2D eigenvalue weighted by Gasteiger charge is -2.04. The Bertz CT molecular complexity index is 572. The van der Waals surface area contributed by atoms with Crippen LogP contribution in [0, 0.1) is 22.0 Å². The van der Waals surface area contributed by atoms with E-state index in [9.17, 15) is 19.7 Å². The Balaban J connectivity index is 2.04. The van der Waals surface area contributed by atoms with Gasteiger partial charge in [0.05, 0.1) is 16.8 Å². The summed E-state index contributed by atoms with van der Waals surface area (Å²) < 4.78 is 4.92. The van der Waals surface area contributed by atoms with Gasteiger partial charge in [-0.2, -0.15) is 0 Å². The number of esters is 1. The van der Waals surface area contributed by atoms with Gasteiger partial charge in [0, 0.05) is 12.1 Å². The number of carbonyl (C=O) groups excluding carboxylic acids is 1. The first kappa shape index (κ1) is 13.3. The minimum Gasteiger partial charge on any atom is -0.481 e. The molecular formula is C11H8ClNO6. The van der Waals surface area contributed by atoms with E-state index >= 15 is 0 Å². The lowest BCUT2D eigenvalue weighted by Crippen LogP contribution is -2.14. The fraction of sp³-hybridized carbons (Fsp3) is 0.273. The summed E-state index contributed by atoms with van der Waals surface area (Å²) in [6.07, 6.45) is 0.245. The van der Waals surface area contributed by atoms with Crippen molar-refractivity contribution in [1.82, 2.24) is 0 Å². The van der Waals surface area contributed by atoms with Gasteiger partial charge in [-0.05, 0) is 12.5 Å². The van der Waals surface area contributed by atoms with Gasteiger partial charge in [0.1, 0.15) is 10.8 Å². The topological polar surface area (TPSA) is 107 Å². The summed E-state index contributed by atoms with van der Waals surface area (Å²) in [5.74, 6) is -3.02. The van der Waals surface area contributed by atoms with Crippen LogP contribution in [-0.4, -0.2) is 22.0 Å². The van der Waals surface area contributed by atoms with Gasteiger partial charge in [-0.25, -0.2) is 0 Å². The van der Waals surface area contributed by atoms with Crippen LogP contribution in [0.4, 0.5) is 5.69 Å². The number of nitro benzene ring substituents is 1. The molecule has 0 bridgehead atoms. The van der Waals surface area contributed by atoms with Gasteiger partial charge < -0.3 is 9.84 Å². The third-order valence-electron chi connectivity index (χ3n) is 2.74. The van der Waals surface area contributed by atoms with E-state index in [4.69, 9.17) is 21.4 Å². The lowest BCUT2D eigenvalue weighted by atomic mass is 10.3. The molecule has 0 heterocycles. The smallest absolute Gasteiger partial charge is 0.315 e. The van der Waals surface area contributed by atoms with E-state index in [1.807, 2.05) is 0 Å². The van der Waals surface area contributed by atoms with Crippen LogP contribution in [0.15, 0.2) is 18.2 Å². The Labute approximate surface area is 111 Å². The van der Waals surface area contributed by atoms with Crippen molar-refractivity contribution in [3.63, 3.8) is 0 Å². The van der Waals surface area contributed by atoms with Gasteiger partial charge in [-0.1, -0.05) is 11.6 Å². The Morgan fingerprint density at radius 3 is 2.58 bits per heavy atom. The van der Waals surface area contributed by atoms with Crippen molar-refractivity contribution in [2.24, 2.45) is 11.8 Å². The Hall–Kier alpha value is -2.15. The molecule has 0 aromatic heterocycles. The zero-order chi connectivity index (χ0) is 14.2. The SMILES string of the molecule is O=C(O)C1CC1C(=O)Oc1ccc([N+](=O)[O-])c(Cl)c1. The van der Waals surface area contributed by atoms with Gasteiger partial charge >= 0.3 is 11.9 Å². The molecule has 0 radical (unpaired) electrons. The molecule has 0 aliphatic heterocycles. The van der Waals surface area contributed by atoms with Crippen LogP contribution in [-0.2, 0) is 9.59 Å². The van der Waals surface area contributed by atoms with Gasteiger partial charge in [0.15, 0.2) is 0 Å². The predicted octanol–water partition coefficient (Wildman–Crippen LogP) is 1.87. The Morgan fingerprint density at radius 1 is 1.42 bits per heavy atom. The summed E-state index contributed by atoms with van der Waals surface area (Å²) in [5, 5.41) is 19.1. The normalized spacial score (nSPS) is 20.7. The molecule has 2 atom stereocenters. The van der Waals surface area contributed by atoms with Gasteiger partial charge in [0.2, 0.25) is 0 Å². The number of halogens is 1. The van der Waals surface area contributed by atoms with Crippen LogP contribution < -0.4 is 4.74 Å². The number of carbonyl (C=O) groups is 2. The second-order valence-corrected chi connectivity index (χ2v) is 4.49. The molecular weight excluding hydrogens is 278 g/mol. The quantitative estimate of drug-likeness (QED) is 0.392. The van der Waals surface area contributed by atoms with Crippen molar-refractivity contribution >= 4 is 29.2 Å². The summed E-state index contributed by atoms with van der Waals surface area (Å²) in [7, 11) is 0. The van der Waals surface area contributed by atoms with E-state index < -0.39 is 28.7 Å². The lowest BCUT2D eigenvalue weighted by molar-refractivity contribution is -0.384. The van der Waals surface area contributed by atoms with Gasteiger partial charge in [0.25, 0.3) is 5.69 Å². The number of carboxylic acid groups (broad SMARTS) is 1. The van der Waals surface area contributed by atoms with Crippen molar-refractivity contribution in [1.29, 1.82) is 0 Å². The van der Waals surface area contributed by atoms with Crippen molar-refractivity contribution in [2.45, 2.75) is 6.42 Å². The highest BCUT2D eigenvalue weighted by Crippen LogP contribution is 2.40. The molecule has 1 N–H and O–H groups in total. The fourth-order valence-electron chi connectivity index (χ4n) is 1.62. The minimum absolute atomic E-state index is 0.0524. The molecule has 0 spiro atoms. The first-order valence-electron chi connectivity index (χ1n) is 5.28. The number of nitro groups is 1. The van der Waals surface area contributed by atoms with Gasteiger partial charge in [-0.3, -0.25) is 19.7 Å². The summed E-state index contributed by atoms with van der Waals surface area (Å²) in [5.41, 5.74) is -0.295. The molecule has 1 saturated carbocycles. The number of hydrogen-bond acceptors (Lipinski definition) is 5. The number of hydrogen-bond donors (Lipinski definition) is 1. The average Bonchev–Trinajstić information content (AvgIpc) is 3.08. The highest BCUT2D eigenvalue weighted by molar-refractivity contribution is 6.32. The minimum atomic E-state index is -1.04. The first-order valence-corrected chi connectivity index (χ1v) is 5.66. The molecule has 2 unspecified atom stereocenters. The number of nitrogens with zero attached hydrogens (tertiary/aromatic N) is 1. The zero-order valence-corrected chi connectivity index (χ0v) is 10.2. The summed E-state index contributed by atoms with van der Waals surface area (Å²) in [4.78, 5) is 32.0. The van der Waals surface area contributed by atoms with E-state index in [1.165, 1.54) is 6.07 Å². The average molecular weight is 286 g/mol. The fourth-order valence-corrected chi connectivity index (χ4v) is 1.86. The van der Waals surface area contributed by atoms with Crippen molar-refractivity contribution in [3.8, 4) is 5.75 Å². The van der Waals surface area contributed by atoms with Crippen LogP contribution in [0.3, 0.4) is 0 Å². The van der Waals surface area contributed by atoms with Crippen LogP contribution in [0.2, 0.25) is 5.02 Å². The standard InChI is InChI=1S/C11H8ClNO6/c12-8-3-5(1-2-9(8)13(17)18)19-11(16)7-4-6(7)10(14)15/h1-3,6-7H,4H2,(H,14,15). The van der Waals surface area contributed by atoms with Gasteiger partial charge in [-0.15, -0.1) is 0 Å². The van der Waals surface area contributed by atoms with E-state index in [0.717, 1.165) is 12.1 Å². The van der Waals surface area contributed by atoms with Crippen molar-refractivity contribution in [2.75, 3.05) is 0 Å². The second kappa shape index (κ2) is 4.85. The molecule has 100 valence electrons. The van der Waals surface area contributed by atoms with E-state index in [1.54, 1.807) is 0 Å². The molecule has 8 heteroatoms. The number of rotatable bonds is 4. The molecule has 2 rings (SSSR count). The number of aliphatic carboxylic acids is 1. The third-order valence-corrected chi connectivity index (χ3v) is 3.05. The highest BCUT2D eigenvalue weighted by atomic mass is 35.5. The molecule has 1 aromatic carbocycles. The van der Waals surface area contributed by atoms with Crippen LogP contribution in [0.25, 0.3) is 0 Å². The maximum atomic E-state index is 11.6. The zero-order valence-electron chi connectivity index (χ0n) is 9.41. The molecule has 1 fully saturated rings.